The van der Waals surface area contributed by atoms with Crippen molar-refractivity contribution in [3.63, 3.8) is 0 Å². The van der Waals surface area contributed by atoms with Crippen LogP contribution in [0.1, 0.15) is 28.6 Å². The number of benzene rings is 1. The van der Waals surface area contributed by atoms with E-state index in [2.05, 4.69) is 10.2 Å². The van der Waals surface area contributed by atoms with Gasteiger partial charge in [-0.25, -0.2) is 0 Å². The quantitative estimate of drug-likeness (QED) is 0.830. The molecule has 0 N–H and O–H groups in total. The smallest absolute Gasteiger partial charge is 0.254 e. The molecule has 1 aliphatic heterocycles. The van der Waals surface area contributed by atoms with Gasteiger partial charge in [-0.3, -0.25) is 9.59 Å². The van der Waals surface area contributed by atoms with Gasteiger partial charge in [-0.15, -0.1) is 10.2 Å². The Balaban J connectivity index is 1.49. The number of piperazine rings is 1. The summed E-state index contributed by atoms with van der Waals surface area (Å²) in [6.07, 6.45) is 0.755. The maximum Gasteiger partial charge on any atom is 0.254 e. The van der Waals surface area contributed by atoms with Gasteiger partial charge in [0, 0.05) is 56.5 Å². The molecule has 132 valence electrons. The standard InChI is InChI=1S/C17H19ClN4O3/c1-12-19-20-15(25-12)5-6-16(23)21-7-9-22(10-8-21)17(24)13-3-2-4-14(18)11-13/h2-4,11H,5-10H2,1H3. The van der Waals surface area contributed by atoms with E-state index in [9.17, 15) is 9.59 Å². The van der Waals surface area contributed by atoms with E-state index in [1.807, 2.05) is 0 Å². The maximum atomic E-state index is 12.5. The van der Waals surface area contributed by atoms with Crippen LogP contribution in [0.25, 0.3) is 0 Å². The molecule has 0 bridgehead atoms. The normalized spacial score (nSPS) is 14.6. The summed E-state index contributed by atoms with van der Waals surface area (Å²) in [5.74, 6) is 0.942. The predicted molar refractivity (Wildman–Crippen MR) is 91.3 cm³/mol. The Morgan fingerprint density at radius 3 is 2.52 bits per heavy atom. The largest absolute Gasteiger partial charge is 0.426 e. The zero-order chi connectivity index (χ0) is 17.8. The Labute approximate surface area is 150 Å². The highest BCUT2D eigenvalue weighted by atomic mass is 35.5. The third kappa shape index (κ3) is 4.36. The molecule has 1 aromatic carbocycles. The Morgan fingerprint density at radius 1 is 1.16 bits per heavy atom. The molecule has 2 heterocycles. The molecule has 0 radical (unpaired) electrons. The summed E-state index contributed by atoms with van der Waals surface area (Å²) in [4.78, 5) is 28.3. The summed E-state index contributed by atoms with van der Waals surface area (Å²) in [6, 6.07) is 6.90. The zero-order valence-electron chi connectivity index (χ0n) is 13.9. The number of halogens is 1. The lowest BCUT2D eigenvalue weighted by Crippen LogP contribution is -2.50. The van der Waals surface area contributed by atoms with Gasteiger partial charge in [-0.2, -0.15) is 0 Å². The second-order valence-electron chi connectivity index (χ2n) is 5.90. The van der Waals surface area contributed by atoms with Crippen molar-refractivity contribution in [3.05, 3.63) is 46.6 Å². The van der Waals surface area contributed by atoms with Crippen molar-refractivity contribution in [1.82, 2.24) is 20.0 Å². The molecule has 0 saturated carbocycles. The highest BCUT2D eigenvalue weighted by Gasteiger charge is 2.25. The molecule has 3 rings (SSSR count). The minimum absolute atomic E-state index is 0.0331. The lowest BCUT2D eigenvalue weighted by atomic mass is 10.1. The molecule has 0 unspecified atom stereocenters. The van der Waals surface area contributed by atoms with Crippen molar-refractivity contribution < 1.29 is 14.0 Å². The number of nitrogens with zero attached hydrogens (tertiary/aromatic N) is 4. The first-order valence-electron chi connectivity index (χ1n) is 8.14. The van der Waals surface area contributed by atoms with E-state index >= 15 is 0 Å². The molecule has 25 heavy (non-hydrogen) atoms. The van der Waals surface area contributed by atoms with E-state index in [4.69, 9.17) is 16.0 Å². The van der Waals surface area contributed by atoms with Gasteiger partial charge in [0.2, 0.25) is 17.7 Å². The summed E-state index contributed by atoms with van der Waals surface area (Å²) in [7, 11) is 0. The van der Waals surface area contributed by atoms with Crippen molar-refractivity contribution >= 4 is 23.4 Å². The van der Waals surface area contributed by atoms with Crippen LogP contribution in [-0.4, -0.2) is 58.0 Å². The predicted octanol–water partition coefficient (Wildman–Crippen LogP) is 1.95. The zero-order valence-corrected chi connectivity index (χ0v) is 14.7. The molecule has 1 aliphatic rings. The van der Waals surface area contributed by atoms with Gasteiger partial charge in [0.25, 0.3) is 5.91 Å². The van der Waals surface area contributed by atoms with Crippen LogP contribution in [0.3, 0.4) is 0 Å². The van der Waals surface area contributed by atoms with Gasteiger partial charge < -0.3 is 14.2 Å². The first kappa shape index (κ1) is 17.4. The first-order valence-corrected chi connectivity index (χ1v) is 8.52. The van der Waals surface area contributed by atoms with Crippen molar-refractivity contribution in [2.45, 2.75) is 19.8 Å². The Bertz CT molecular complexity index is 769. The fourth-order valence-electron chi connectivity index (χ4n) is 2.77. The molecule has 0 spiro atoms. The first-order chi connectivity index (χ1) is 12.0. The lowest BCUT2D eigenvalue weighted by Gasteiger charge is -2.34. The second kappa shape index (κ2) is 7.65. The summed E-state index contributed by atoms with van der Waals surface area (Å²) in [5.41, 5.74) is 0.569. The molecule has 2 aromatic rings. The van der Waals surface area contributed by atoms with Crippen LogP contribution in [0, 0.1) is 6.92 Å². The van der Waals surface area contributed by atoms with Gasteiger partial charge in [-0.05, 0) is 18.2 Å². The molecular weight excluding hydrogens is 344 g/mol. The summed E-state index contributed by atoms with van der Waals surface area (Å²) in [5, 5.41) is 8.17. The number of hydrogen-bond acceptors (Lipinski definition) is 5. The van der Waals surface area contributed by atoms with Crippen LogP contribution in [0.4, 0.5) is 0 Å². The lowest BCUT2D eigenvalue weighted by molar-refractivity contribution is -0.132. The van der Waals surface area contributed by atoms with Crippen LogP contribution in [0.5, 0.6) is 0 Å². The Morgan fingerprint density at radius 2 is 1.88 bits per heavy atom. The average Bonchev–Trinajstić information content (AvgIpc) is 3.04. The van der Waals surface area contributed by atoms with Gasteiger partial charge >= 0.3 is 0 Å². The third-order valence-electron chi connectivity index (χ3n) is 4.11. The summed E-state index contributed by atoms with van der Waals surface area (Å²) < 4.78 is 5.27. The van der Waals surface area contributed by atoms with Crippen molar-refractivity contribution in [2.75, 3.05) is 26.2 Å². The van der Waals surface area contributed by atoms with E-state index in [1.54, 1.807) is 41.0 Å². The average molecular weight is 363 g/mol. The van der Waals surface area contributed by atoms with Gasteiger partial charge in [0.05, 0.1) is 0 Å². The van der Waals surface area contributed by atoms with Crippen LogP contribution in [0.2, 0.25) is 5.02 Å². The van der Waals surface area contributed by atoms with Crippen LogP contribution in [0.15, 0.2) is 28.7 Å². The molecule has 7 nitrogen and oxygen atoms in total. The molecule has 1 saturated heterocycles. The third-order valence-corrected chi connectivity index (χ3v) is 4.35. The van der Waals surface area contributed by atoms with E-state index < -0.39 is 0 Å². The maximum absolute atomic E-state index is 12.5. The summed E-state index contributed by atoms with van der Waals surface area (Å²) >= 11 is 5.94. The van der Waals surface area contributed by atoms with Gasteiger partial charge in [0.1, 0.15) is 0 Å². The molecule has 0 atom stereocenters. The highest BCUT2D eigenvalue weighted by Crippen LogP contribution is 2.14. The van der Waals surface area contributed by atoms with E-state index in [-0.39, 0.29) is 11.8 Å². The topological polar surface area (TPSA) is 79.5 Å². The fraction of sp³-hybridized carbons (Fsp3) is 0.412. The molecule has 1 fully saturated rings. The van der Waals surface area contributed by atoms with Crippen molar-refractivity contribution in [1.29, 1.82) is 0 Å². The SMILES string of the molecule is Cc1nnc(CCC(=O)N2CCN(C(=O)c3cccc(Cl)c3)CC2)o1. The molecule has 1 aromatic heterocycles. The second-order valence-corrected chi connectivity index (χ2v) is 6.33. The Kier molecular flexibility index (Phi) is 5.33. The molecule has 8 heteroatoms. The molecule has 2 amide bonds. The molecule has 0 aliphatic carbocycles. The Hall–Kier alpha value is -2.41. The number of carbonyl (C=O) groups excluding carboxylic acids is 2. The van der Waals surface area contributed by atoms with Gasteiger partial charge in [0.15, 0.2) is 0 Å². The number of aryl methyl sites for hydroxylation is 2. The monoisotopic (exact) mass is 362 g/mol. The fourth-order valence-corrected chi connectivity index (χ4v) is 2.96. The van der Waals surface area contributed by atoms with Crippen LogP contribution in [-0.2, 0) is 11.2 Å². The summed E-state index contributed by atoms with van der Waals surface area (Å²) in [6.45, 7) is 3.78. The number of aromatic nitrogens is 2. The van der Waals surface area contributed by atoms with E-state index in [1.165, 1.54) is 0 Å². The van der Waals surface area contributed by atoms with Crippen LogP contribution < -0.4 is 0 Å². The van der Waals surface area contributed by atoms with Crippen LogP contribution >= 0.6 is 11.6 Å². The van der Waals surface area contributed by atoms with E-state index in [0.717, 1.165) is 0 Å². The van der Waals surface area contributed by atoms with E-state index in [0.29, 0.717) is 61.4 Å². The number of carbonyl (C=O) groups is 2. The number of hydrogen-bond donors (Lipinski definition) is 0. The minimum atomic E-state index is -0.0593. The van der Waals surface area contributed by atoms with Gasteiger partial charge in [-0.1, -0.05) is 17.7 Å². The van der Waals surface area contributed by atoms with Crippen molar-refractivity contribution in [2.24, 2.45) is 0 Å². The highest BCUT2D eigenvalue weighted by molar-refractivity contribution is 6.30. The molecular formula is C17H19ClN4O3. The number of amides is 2. The van der Waals surface area contributed by atoms with Crippen molar-refractivity contribution in [3.8, 4) is 0 Å². The minimum Gasteiger partial charge on any atom is -0.426 e. The number of rotatable bonds is 4.